The average Bonchev–Trinajstić information content (AvgIpc) is 3.62. The number of rotatable bonds is 5. The normalized spacial score (nSPS) is 16.0. The van der Waals surface area contributed by atoms with E-state index in [2.05, 4.69) is 174 Å². The Labute approximate surface area is 321 Å². The molecule has 0 saturated carbocycles. The summed E-state index contributed by atoms with van der Waals surface area (Å²) in [6.45, 7) is 0. The summed E-state index contributed by atoms with van der Waals surface area (Å²) in [4.78, 5) is 10.7. The van der Waals surface area contributed by atoms with Crippen molar-refractivity contribution in [2.24, 2.45) is 0 Å². The topological polar surface area (TPSA) is 30.7 Å². The fourth-order valence-corrected chi connectivity index (χ4v) is 9.29. The maximum atomic E-state index is 5.37. The first-order valence-electron chi connectivity index (χ1n) is 19.6. The Morgan fingerprint density at radius 2 is 1.35 bits per heavy atom. The Morgan fingerprint density at radius 3 is 2.29 bits per heavy atom. The molecule has 3 aliphatic carbocycles. The molecule has 0 N–H and O–H groups in total. The molecule has 8 aromatic rings. The van der Waals surface area contributed by atoms with Gasteiger partial charge in [0.1, 0.15) is 0 Å². The third-order valence-corrected chi connectivity index (χ3v) is 11.9. The highest BCUT2D eigenvalue weighted by molar-refractivity contribution is 6.15. The molecule has 3 heteroatoms. The first-order chi connectivity index (χ1) is 27.2. The van der Waals surface area contributed by atoms with Crippen molar-refractivity contribution in [2.45, 2.75) is 38.1 Å². The lowest BCUT2D eigenvalue weighted by atomic mass is 9.87. The number of fused-ring (bicyclic) bond motifs is 8. The lowest BCUT2D eigenvalue weighted by molar-refractivity contribution is 0.600. The van der Waals surface area contributed by atoms with Crippen LogP contribution in [0.3, 0.4) is 0 Å². The average molecular weight is 706 g/mol. The number of aryl methyl sites for hydroxylation is 2. The number of hydrogen-bond donors (Lipinski definition) is 0. The van der Waals surface area contributed by atoms with Gasteiger partial charge in [-0.15, -0.1) is 0 Å². The van der Waals surface area contributed by atoms with Gasteiger partial charge in [-0.25, -0.2) is 9.97 Å². The molecular formula is C52H39N3. The fourth-order valence-electron chi connectivity index (χ4n) is 9.29. The minimum atomic E-state index is 0.154. The van der Waals surface area contributed by atoms with Gasteiger partial charge >= 0.3 is 0 Å². The molecule has 2 heterocycles. The van der Waals surface area contributed by atoms with E-state index in [4.69, 9.17) is 9.97 Å². The van der Waals surface area contributed by atoms with Crippen molar-refractivity contribution in [3.05, 3.63) is 198 Å². The largest absolute Gasteiger partial charge is 0.337 e. The van der Waals surface area contributed by atoms with Gasteiger partial charge in [0.2, 0.25) is 0 Å². The molecular weight excluding hydrogens is 667 g/mol. The van der Waals surface area contributed by atoms with E-state index in [0.717, 1.165) is 66.0 Å². The molecule has 0 aliphatic heterocycles. The zero-order chi connectivity index (χ0) is 36.3. The third-order valence-electron chi connectivity index (χ3n) is 11.9. The highest BCUT2D eigenvalue weighted by Gasteiger charge is 2.29. The molecule has 6 aromatic carbocycles. The van der Waals surface area contributed by atoms with Gasteiger partial charge < -0.3 is 4.57 Å². The molecule has 262 valence electrons. The smallest absolute Gasteiger partial charge is 0.160 e. The summed E-state index contributed by atoms with van der Waals surface area (Å²) in [6.07, 6.45) is 14.4. The molecule has 3 nitrogen and oxygen atoms in total. The van der Waals surface area contributed by atoms with E-state index in [1.807, 2.05) is 0 Å². The Kier molecular flexibility index (Phi) is 7.58. The third kappa shape index (κ3) is 5.50. The van der Waals surface area contributed by atoms with Crippen molar-refractivity contribution in [1.29, 1.82) is 0 Å². The van der Waals surface area contributed by atoms with Crippen LogP contribution in [0.4, 0.5) is 0 Å². The van der Waals surface area contributed by atoms with Gasteiger partial charge in [-0.3, -0.25) is 0 Å². The molecule has 1 atom stereocenters. The van der Waals surface area contributed by atoms with Gasteiger partial charge in [0.25, 0.3) is 0 Å². The van der Waals surface area contributed by atoms with Crippen LogP contribution in [-0.2, 0) is 19.3 Å². The summed E-state index contributed by atoms with van der Waals surface area (Å²) in [5, 5.41) is 3.99. The van der Waals surface area contributed by atoms with E-state index >= 15 is 0 Å². The van der Waals surface area contributed by atoms with Crippen LogP contribution in [0.5, 0.6) is 0 Å². The molecule has 0 spiro atoms. The van der Waals surface area contributed by atoms with E-state index in [1.54, 1.807) is 0 Å². The van der Waals surface area contributed by atoms with Crippen LogP contribution in [0.25, 0.3) is 72.5 Å². The number of nitrogens with zero attached hydrogens (tertiary/aromatic N) is 3. The zero-order valence-corrected chi connectivity index (χ0v) is 30.6. The van der Waals surface area contributed by atoms with Crippen molar-refractivity contribution >= 4 is 38.9 Å². The lowest BCUT2D eigenvalue weighted by Crippen LogP contribution is -2.15. The van der Waals surface area contributed by atoms with Gasteiger partial charge in [0.05, 0.1) is 22.9 Å². The Morgan fingerprint density at radius 1 is 0.582 bits per heavy atom. The molecule has 3 aliphatic rings. The molecule has 0 saturated heterocycles. The molecule has 0 fully saturated rings. The van der Waals surface area contributed by atoms with Crippen LogP contribution in [-0.4, -0.2) is 14.5 Å². The lowest BCUT2D eigenvalue weighted by Gasteiger charge is -2.25. The molecule has 1 unspecified atom stereocenters. The Bertz CT molecular complexity index is 2900. The SMILES string of the molecule is C1=CC(c2cc(C3=Cc4ccccc4CC3)nc(-c3cccc(-c4ccccc4)c3)n2)=CC(n2c3c(c4c5ccccc5ccc42)-c2ccccc2CC3)C1. The maximum absolute atomic E-state index is 5.37. The summed E-state index contributed by atoms with van der Waals surface area (Å²) in [5.74, 6) is 0.758. The van der Waals surface area contributed by atoms with Gasteiger partial charge in [-0.1, -0.05) is 146 Å². The van der Waals surface area contributed by atoms with Crippen LogP contribution < -0.4 is 0 Å². The predicted octanol–water partition coefficient (Wildman–Crippen LogP) is 12.8. The molecule has 0 bridgehead atoms. The maximum Gasteiger partial charge on any atom is 0.160 e. The van der Waals surface area contributed by atoms with Gasteiger partial charge in [-0.2, -0.15) is 0 Å². The molecule has 0 amide bonds. The zero-order valence-electron chi connectivity index (χ0n) is 30.6. The highest BCUT2D eigenvalue weighted by Crippen LogP contribution is 2.46. The number of hydrogen-bond acceptors (Lipinski definition) is 2. The quantitative estimate of drug-likeness (QED) is 0.178. The molecule has 0 radical (unpaired) electrons. The summed E-state index contributed by atoms with van der Waals surface area (Å²) in [6, 6.07) is 53.0. The minimum Gasteiger partial charge on any atom is -0.337 e. The first kappa shape index (κ1) is 31.9. The highest BCUT2D eigenvalue weighted by atomic mass is 15.0. The summed E-state index contributed by atoms with van der Waals surface area (Å²) < 4.78 is 2.66. The summed E-state index contributed by atoms with van der Waals surface area (Å²) >= 11 is 0. The van der Waals surface area contributed by atoms with Crippen molar-refractivity contribution in [3.63, 3.8) is 0 Å². The van der Waals surface area contributed by atoms with E-state index < -0.39 is 0 Å². The number of aromatic nitrogens is 3. The van der Waals surface area contributed by atoms with Crippen molar-refractivity contribution in [2.75, 3.05) is 0 Å². The Hall–Kier alpha value is -6.58. The minimum absolute atomic E-state index is 0.154. The van der Waals surface area contributed by atoms with Crippen molar-refractivity contribution < 1.29 is 0 Å². The fraction of sp³-hybridized carbons (Fsp3) is 0.115. The van der Waals surface area contributed by atoms with Gasteiger partial charge in [-0.05, 0) is 112 Å². The Balaban J connectivity index is 1.08. The van der Waals surface area contributed by atoms with Crippen molar-refractivity contribution in [3.8, 4) is 33.6 Å². The first-order valence-corrected chi connectivity index (χ1v) is 19.6. The van der Waals surface area contributed by atoms with E-state index in [-0.39, 0.29) is 6.04 Å². The van der Waals surface area contributed by atoms with Gasteiger partial charge in [0.15, 0.2) is 5.82 Å². The van der Waals surface area contributed by atoms with Crippen molar-refractivity contribution in [1.82, 2.24) is 14.5 Å². The molecule has 55 heavy (non-hydrogen) atoms. The number of benzene rings is 6. The van der Waals surface area contributed by atoms with Crippen LogP contribution in [0.2, 0.25) is 0 Å². The summed E-state index contributed by atoms with van der Waals surface area (Å²) in [5.41, 5.74) is 17.4. The predicted molar refractivity (Wildman–Crippen MR) is 229 cm³/mol. The van der Waals surface area contributed by atoms with Crippen LogP contribution in [0.1, 0.15) is 52.7 Å². The summed E-state index contributed by atoms with van der Waals surface area (Å²) in [7, 11) is 0. The van der Waals surface area contributed by atoms with Crippen LogP contribution >= 0.6 is 0 Å². The monoisotopic (exact) mass is 705 g/mol. The van der Waals surface area contributed by atoms with Crippen LogP contribution in [0.15, 0.2) is 164 Å². The second-order valence-electron chi connectivity index (χ2n) is 15.1. The molecule has 11 rings (SSSR count). The van der Waals surface area contributed by atoms with E-state index in [0.29, 0.717) is 0 Å². The molecule has 2 aromatic heterocycles. The standard InChI is InChI=1S/C52H39N3/c1-2-12-34(13-3-1)39-18-10-20-42(31-39)52-53-46(33-47(54-52)41-25-24-35-14-4-5-17-38(35)30-41)40-19-11-21-43(32-40)55-48-28-26-36-15-6-8-22-44(36)50(48)51-45-23-9-7-16-37(45)27-29-49(51)55/h1-20,22-23,26,28,30-33,43H,21,24-25,27,29H2. The van der Waals surface area contributed by atoms with E-state index in [1.165, 1.54) is 66.3 Å². The van der Waals surface area contributed by atoms with Crippen LogP contribution in [0, 0.1) is 0 Å². The number of allylic oxidation sites excluding steroid dienone is 5. The second kappa shape index (κ2) is 13.1. The van der Waals surface area contributed by atoms with E-state index in [9.17, 15) is 0 Å². The van der Waals surface area contributed by atoms with Gasteiger partial charge in [0, 0.05) is 22.2 Å². The second-order valence-corrected chi connectivity index (χ2v) is 15.1.